The Morgan fingerprint density at radius 2 is 1.85 bits per heavy atom. The zero-order valence-electron chi connectivity index (χ0n) is 10.0. The number of halogens is 2. The van der Waals surface area contributed by atoms with E-state index in [4.69, 9.17) is 11.6 Å². The van der Waals surface area contributed by atoms with Crippen molar-refractivity contribution in [2.24, 2.45) is 0 Å². The van der Waals surface area contributed by atoms with Crippen molar-refractivity contribution in [1.29, 1.82) is 0 Å². The van der Waals surface area contributed by atoms with E-state index in [1.807, 2.05) is 0 Å². The van der Waals surface area contributed by atoms with E-state index in [1.54, 1.807) is 6.07 Å². The lowest BCUT2D eigenvalue weighted by atomic mass is 10.0. The van der Waals surface area contributed by atoms with Gasteiger partial charge in [-0.3, -0.25) is 4.79 Å². The van der Waals surface area contributed by atoms with Crippen LogP contribution in [0.15, 0.2) is 41.2 Å². The minimum Gasteiger partial charge on any atom is -0.306 e. The summed E-state index contributed by atoms with van der Waals surface area (Å²) in [7, 11) is 0. The Morgan fingerprint density at radius 3 is 2.65 bits per heavy atom. The van der Waals surface area contributed by atoms with Crippen LogP contribution in [0.2, 0.25) is 5.02 Å². The summed E-state index contributed by atoms with van der Waals surface area (Å²) in [4.78, 5) is 28.5. The van der Waals surface area contributed by atoms with E-state index in [9.17, 15) is 14.0 Å². The van der Waals surface area contributed by atoms with Crippen LogP contribution in [0.4, 0.5) is 4.39 Å². The highest BCUT2D eigenvalue weighted by Crippen LogP contribution is 2.21. The molecule has 0 saturated heterocycles. The lowest BCUT2D eigenvalue weighted by Crippen LogP contribution is -2.04. The first-order chi connectivity index (χ1) is 9.56. The summed E-state index contributed by atoms with van der Waals surface area (Å²) in [5.74, 6) is -1.24. The summed E-state index contributed by atoms with van der Waals surface area (Å²) in [6.07, 6.45) is 0. The van der Waals surface area contributed by atoms with Gasteiger partial charge in [0.25, 0.3) is 0 Å². The molecule has 3 aromatic rings. The van der Waals surface area contributed by atoms with E-state index in [1.165, 1.54) is 30.3 Å². The average molecular weight is 291 g/mol. The van der Waals surface area contributed by atoms with Gasteiger partial charge in [-0.25, -0.2) is 9.18 Å². The molecular weight excluding hydrogens is 283 g/mol. The van der Waals surface area contributed by atoms with Gasteiger partial charge in [-0.05, 0) is 30.3 Å². The van der Waals surface area contributed by atoms with E-state index >= 15 is 0 Å². The predicted molar refractivity (Wildman–Crippen MR) is 73.8 cm³/mol. The zero-order valence-corrected chi connectivity index (χ0v) is 10.8. The molecule has 3 rings (SSSR count). The molecule has 0 saturated carbocycles. The quantitative estimate of drug-likeness (QED) is 0.713. The number of aromatic amines is 2. The van der Waals surface area contributed by atoms with Crippen molar-refractivity contribution in [2.45, 2.75) is 0 Å². The van der Waals surface area contributed by atoms with Gasteiger partial charge in [0.2, 0.25) is 0 Å². The molecule has 0 aliphatic heterocycles. The van der Waals surface area contributed by atoms with Crippen LogP contribution in [0.5, 0.6) is 0 Å². The van der Waals surface area contributed by atoms with Crippen LogP contribution < -0.4 is 5.69 Å². The molecule has 100 valence electrons. The topological polar surface area (TPSA) is 65.7 Å². The summed E-state index contributed by atoms with van der Waals surface area (Å²) in [6.45, 7) is 0. The van der Waals surface area contributed by atoms with Crippen molar-refractivity contribution < 1.29 is 9.18 Å². The summed E-state index contributed by atoms with van der Waals surface area (Å²) in [5, 5.41) is -0.105. The summed E-state index contributed by atoms with van der Waals surface area (Å²) in [6, 6.07) is 8.86. The maximum absolute atomic E-state index is 13.8. The third-order valence-corrected chi connectivity index (χ3v) is 3.27. The average Bonchev–Trinajstić information content (AvgIpc) is 2.80. The fourth-order valence-electron chi connectivity index (χ4n) is 2.01. The summed E-state index contributed by atoms with van der Waals surface area (Å²) in [5.41, 5.74) is 0.878. The molecule has 6 heteroatoms. The number of aromatic nitrogens is 2. The van der Waals surface area contributed by atoms with Crippen molar-refractivity contribution in [3.63, 3.8) is 0 Å². The van der Waals surface area contributed by atoms with Gasteiger partial charge in [-0.2, -0.15) is 0 Å². The number of fused-ring (bicyclic) bond motifs is 1. The van der Waals surface area contributed by atoms with Crippen LogP contribution in [0.3, 0.4) is 0 Å². The van der Waals surface area contributed by atoms with Gasteiger partial charge in [0, 0.05) is 5.56 Å². The highest BCUT2D eigenvalue weighted by atomic mass is 35.5. The molecule has 0 radical (unpaired) electrons. The first-order valence-electron chi connectivity index (χ1n) is 5.77. The molecule has 0 aliphatic rings. The molecule has 0 spiro atoms. The Morgan fingerprint density at radius 1 is 1.10 bits per heavy atom. The first kappa shape index (κ1) is 12.6. The van der Waals surface area contributed by atoms with Crippen LogP contribution >= 0.6 is 11.6 Å². The predicted octanol–water partition coefficient (Wildman–Crippen LogP) is 2.88. The van der Waals surface area contributed by atoms with Crippen LogP contribution in [0, 0.1) is 5.82 Å². The van der Waals surface area contributed by atoms with E-state index in [0.717, 1.165) is 0 Å². The maximum atomic E-state index is 13.8. The second-order valence-electron chi connectivity index (χ2n) is 4.27. The fraction of sp³-hybridized carbons (Fsp3) is 0. The number of benzene rings is 2. The lowest BCUT2D eigenvalue weighted by molar-refractivity contribution is 0.103. The van der Waals surface area contributed by atoms with Gasteiger partial charge in [-0.1, -0.05) is 17.7 Å². The Labute approximate surface area is 117 Å². The van der Waals surface area contributed by atoms with Crippen molar-refractivity contribution in [3.05, 3.63) is 68.8 Å². The number of nitrogens with one attached hydrogen (secondary N) is 2. The molecule has 0 aliphatic carbocycles. The minimum absolute atomic E-state index is 0.102. The van der Waals surface area contributed by atoms with Crippen molar-refractivity contribution >= 4 is 28.4 Å². The highest BCUT2D eigenvalue weighted by Gasteiger charge is 2.16. The number of carbonyl (C=O) groups excluding carboxylic acids is 1. The third-order valence-electron chi connectivity index (χ3n) is 2.97. The van der Waals surface area contributed by atoms with E-state index in [-0.39, 0.29) is 21.8 Å². The number of hydrogen-bond donors (Lipinski definition) is 2. The van der Waals surface area contributed by atoms with Crippen molar-refractivity contribution in [2.75, 3.05) is 0 Å². The Bertz CT molecular complexity index is 882. The molecule has 2 aromatic carbocycles. The van der Waals surface area contributed by atoms with Gasteiger partial charge in [0.05, 0.1) is 21.6 Å². The molecule has 0 fully saturated rings. The minimum atomic E-state index is -0.748. The van der Waals surface area contributed by atoms with Gasteiger partial charge in [-0.15, -0.1) is 0 Å². The normalized spacial score (nSPS) is 10.9. The summed E-state index contributed by atoms with van der Waals surface area (Å²) >= 11 is 5.66. The largest absolute Gasteiger partial charge is 0.323 e. The van der Waals surface area contributed by atoms with Crippen LogP contribution in [-0.4, -0.2) is 15.8 Å². The molecular formula is C14H8ClFN2O2. The molecule has 0 amide bonds. The number of ketones is 1. The van der Waals surface area contributed by atoms with Gasteiger partial charge in [0.15, 0.2) is 11.6 Å². The number of hydrogen-bond acceptors (Lipinski definition) is 2. The van der Waals surface area contributed by atoms with E-state index in [0.29, 0.717) is 11.0 Å². The molecule has 20 heavy (non-hydrogen) atoms. The number of carbonyl (C=O) groups is 1. The fourth-order valence-corrected chi connectivity index (χ4v) is 2.18. The second kappa shape index (κ2) is 4.61. The Hall–Kier alpha value is -2.40. The molecule has 4 nitrogen and oxygen atoms in total. The van der Waals surface area contributed by atoms with Gasteiger partial charge < -0.3 is 9.97 Å². The monoisotopic (exact) mass is 290 g/mol. The first-order valence-corrected chi connectivity index (χ1v) is 6.15. The van der Waals surface area contributed by atoms with E-state index < -0.39 is 11.6 Å². The standard InChI is InChI=1S/C14H8ClFN2O2/c15-9-3-1-2-8(12(9)16)13(19)7-4-5-10-11(6-7)18-14(20)17-10/h1-6H,(H2,17,18,20). The second-order valence-corrected chi connectivity index (χ2v) is 4.68. The Kier molecular flexibility index (Phi) is 2.91. The molecule has 0 atom stereocenters. The maximum Gasteiger partial charge on any atom is 0.323 e. The van der Waals surface area contributed by atoms with Crippen LogP contribution in [-0.2, 0) is 0 Å². The molecule has 0 unspecified atom stereocenters. The lowest BCUT2D eigenvalue weighted by Gasteiger charge is -2.04. The highest BCUT2D eigenvalue weighted by molar-refractivity contribution is 6.31. The number of rotatable bonds is 2. The summed E-state index contributed by atoms with van der Waals surface area (Å²) < 4.78 is 13.8. The van der Waals surface area contributed by atoms with Crippen LogP contribution in [0.1, 0.15) is 15.9 Å². The number of H-pyrrole nitrogens is 2. The van der Waals surface area contributed by atoms with Gasteiger partial charge >= 0.3 is 5.69 Å². The Balaban J connectivity index is 2.12. The number of imidazole rings is 1. The van der Waals surface area contributed by atoms with Gasteiger partial charge in [0.1, 0.15) is 0 Å². The molecule has 2 N–H and O–H groups in total. The van der Waals surface area contributed by atoms with Crippen LogP contribution in [0.25, 0.3) is 11.0 Å². The SMILES string of the molecule is O=C(c1ccc2[nH]c(=O)[nH]c2c1)c1cccc(Cl)c1F. The van der Waals surface area contributed by atoms with Crippen molar-refractivity contribution in [1.82, 2.24) is 9.97 Å². The third kappa shape index (κ3) is 2.02. The zero-order chi connectivity index (χ0) is 14.3. The van der Waals surface area contributed by atoms with Crippen molar-refractivity contribution in [3.8, 4) is 0 Å². The molecule has 0 bridgehead atoms. The van der Waals surface area contributed by atoms with E-state index in [2.05, 4.69) is 9.97 Å². The molecule has 1 aromatic heterocycles. The molecule has 1 heterocycles. The smallest absolute Gasteiger partial charge is 0.306 e.